The van der Waals surface area contributed by atoms with Crippen molar-refractivity contribution in [3.63, 3.8) is 0 Å². The second kappa shape index (κ2) is 5.22. The Morgan fingerprint density at radius 3 is 2.80 bits per heavy atom. The van der Waals surface area contributed by atoms with Gasteiger partial charge in [-0.25, -0.2) is 18.1 Å². The summed E-state index contributed by atoms with van der Waals surface area (Å²) in [7, 11) is -3.19. The van der Waals surface area contributed by atoms with Crippen molar-refractivity contribution in [2.24, 2.45) is 5.92 Å². The van der Waals surface area contributed by atoms with Gasteiger partial charge in [0.15, 0.2) is 0 Å². The van der Waals surface area contributed by atoms with Crippen LogP contribution in [-0.4, -0.2) is 29.4 Å². The summed E-state index contributed by atoms with van der Waals surface area (Å²) < 4.78 is 25.4. The smallest absolute Gasteiger partial charge is 0.212 e. The predicted molar refractivity (Wildman–Crippen MR) is 56.5 cm³/mol. The van der Waals surface area contributed by atoms with Gasteiger partial charge in [0.25, 0.3) is 0 Å². The first-order valence-corrected chi connectivity index (χ1v) is 6.46. The van der Waals surface area contributed by atoms with Gasteiger partial charge in [-0.3, -0.25) is 5.10 Å². The maximum atomic E-state index is 11.5. The lowest BCUT2D eigenvalue weighted by Gasteiger charge is -2.06. The van der Waals surface area contributed by atoms with E-state index in [2.05, 4.69) is 19.9 Å². The molecule has 0 bridgehead atoms. The molecular formula is C8H16N4O2S. The SMILES string of the molecule is CC(C)CCS(=O)(=O)NCc1ncn[nH]1. The largest absolute Gasteiger partial charge is 0.262 e. The Morgan fingerprint density at radius 2 is 2.27 bits per heavy atom. The number of aromatic nitrogens is 3. The van der Waals surface area contributed by atoms with Crippen molar-refractivity contribution < 1.29 is 8.42 Å². The minimum Gasteiger partial charge on any atom is -0.262 e. The molecule has 0 fully saturated rings. The normalized spacial score (nSPS) is 12.2. The van der Waals surface area contributed by atoms with Crippen LogP contribution in [0.2, 0.25) is 0 Å². The first-order chi connectivity index (χ1) is 6.99. The number of nitrogens with one attached hydrogen (secondary N) is 2. The fourth-order valence-corrected chi connectivity index (χ4v) is 2.24. The van der Waals surface area contributed by atoms with E-state index < -0.39 is 10.0 Å². The third-order valence-electron chi connectivity index (χ3n) is 1.89. The fraction of sp³-hybridized carbons (Fsp3) is 0.750. The number of rotatable bonds is 6. The highest BCUT2D eigenvalue weighted by atomic mass is 32.2. The monoisotopic (exact) mass is 232 g/mol. The molecule has 0 atom stereocenters. The Hall–Kier alpha value is -0.950. The Morgan fingerprint density at radius 1 is 1.53 bits per heavy atom. The van der Waals surface area contributed by atoms with Gasteiger partial charge in [0.1, 0.15) is 12.2 Å². The standard InChI is InChI=1S/C8H16N4O2S/c1-7(2)3-4-15(13,14)11-5-8-9-6-10-12-8/h6-7,11H,3-5H2,1-2H3,(H,9,10,12). The van der Waals surface area contributed by atoms with Crippen molar-refractivity contribution >= 4 is 10.0 Å². The fourth-order valence-electron chi connectivity index (χ4n) is 0.957. The maximum absolute atomic E-state index is 11.5. The van der Waals surface area contributed by atoms with E-state index in [0.717, 1.165) is 0 Å². The number of H-pyrrole nitrogens is 1. The van der Waals surface area contributed by atoms with Crippen LogP contribution in [0.4, 0.5) is 0 Å². The van der Waals surface area contributed by atoms with Gasteiger partial charge in [0, 0.05) is 0 Å². The average molecular weight is 232 g/mol. The Kier molecular flexibility index (Phi) is 4.22. The van der Waals surface area contributed by atoms with Crippen LogP contribution in [0.1, 0.15) is 26.1 Å². The zero-order valence-corrected chi connectivity index (χ0v) is 9.71. The highest BCUT2D eigenvalue weighted by molar-refractivity contribution is 7.89. The molecule has 0 aliphatic rings. The molecule has 86 valence electrons. The molecule has 0 aliphatic heterocycles. The van der Waals surface area contributed by atoms with Crippen LogP contribution >= 0.6 is 0 Å². The quantitative estimate of drug-likeness (QED) is 0.737. The first kappa shape index (κ1) is 12.1. The molecule has 0 aromatic carbocycles. The number of aromatic amines is 1. The van der Waals surface area contributed by atoms with Gasteiger partial charge in [-0.05, 0) is 12.3 Å². The third kappa shape index (κ3) is 4.89. The molecule has 0 amide bonds. The summed E-state index contributed by atoms with van der Waals surface area (Å²) in [5, 5.41) is 6.21. The molecule has 0 radical (unpaired) electrons. The van der Waals surface area contributed by atoms with Crippen LogP contribution in [-0.2, 0) is 16.6 Å². The van der Waals surface area contributed by atoms with Crippen molar-refractivity contribution in [1.29, 1.82) is 0 Å². The van der Waals surface area contributed by atoms with E-state index in [-0.39, 0.29) is 12.3 Å². The summed E-state index contributed by atoms with van der Waals surface area (Å²) in [6.07, 6.45) is 2.00. The predicted octanol–water partition coefficient (Wildman–Crippen LogP) is 0.270. The van der Waals surface area contributed by atoms with E-state index in [0.29, 0.717) is 18.2 Å². The van der Waals surface area contributed by atoms with Crippen LogP contribution in [0.3, 0.4) is 0 Å². The van der Waals surface area contributed by atoms with E-state index in [4.69, 9.17) is 0 Å². The van der Waals surface area contributed by atoms with Crippen molar-refractivity contribution in [3.05, 3.63) is 12.2 Å². The number of hydrogen-bond acceptors (Lipinski definition) is 4. The van der Waals surface area contributed by atoms with Crippen LogP contribution in [0.25, 0.3) is 0 Å². The molecule has 1 heterocycles. The molecule has 15 heavy (non-hydrogen) atoms. The first-order valence-electron chi connectivity index (χ1n) is 4.81. The molecule has 1 aromatic rings. The highest BCUT2D eigenvalue weighted by Crippen LogP contribution is 2.02. The molecule has 0 saturated heterocycles. The van der Waals surface area contributed by atoms with Crippen LogP contribution in [0.5, 0.6) is 0 Å². The summed E-state index contributed by atoms with van der Waals surface area (Å²) in [5.41, 5.74) is 0. The van der Waals surface area contributed by atoms with Gasteiger partial charge in [0.05, 0.1) is 12.3 Å². The van der Waals surface area contributed by atoms with Gasteiger partial charge in [-0.1, -0.05) is 13.8 Å². The summed E-state index contributed by atoms with van der Waals surface area (Å²) in [5.74, 6) is 1.05. The molecule has 0 spiro atoms. The maximum Gasteiger partial charge on any atom is 0.212 e. The van der Waals surface area contributed by atoms with Crippen LogP contribution in [0, 0.1) is 5.92 Å². The minimum atomic E-state index is -3.19. The minimum absolute atomic E-state index is 0.152. The number of sulfonamides is 1. The lowest BCUT2D eigenvalue weighted by molar-refractivity contribution is 0.560. The Bertz CT molecular complexity index is 371. The zero-order valence-electron chi connectivity index (χ0n) is 8.90. The van der Waals surface area contributed by atoms with E-state index >= 15 is 0 Å². The van der Waals surface area contributed by atoms with Gasteiger partial charge < -0.3 is 0 Å². The van der Waals surface area contributed by atoms with Crippen molar-refractivity contribution in [3.8, 4) is 0 Å². The third-order valence-corrected chi connectivity index (χ3v) is 3.25. The average Bonchev–Trinajstić information content (AvgIpc) is 2.65. The molecule has 1 aromatic heterocycles. The van der Waals surface area contributed by atoms with Crippen LogP contribution in [0.15, 0.2) is 6.33 Å². The Balaban J connectivity index is 2.37. The lowest BCUT2D eigenvalue weighted by atomic mass is 10.2. The highest BCUT2D eigenvalue weighted by Gasteiger charge is 2.11. The van der Waals surface area contributed by atoms with Gasteiger partial charge in [-0.2, -0.15) is 5.10 Å². The van der Waals surface area contributed by atoms with E-state index in [9.17, 15) is 8.42 Å². The van der Waals surface area contributed by atoms with E-state index in [1.54, 1.807) is 0 Å². The second-order valence-electron chi connectivity index (χ2n) is 3.75. The van der Waals surface area contributed by atoms with Gasteiger partial charge >= 0.3 is 0 Å². The van der Waals surface area contributed by atoms with Crippen molar-refractivity contribution in [2.45, 2.75) is 26.8 Å². The number of hydrogen-bond donors (Lipinski definition) is 2. The molecule has 0 saturated carbocycles. The zero-order chi connectivity index (χ0) is 11.3. The van der Waals surface area contributed by atoms with Gasteiger partial charge in [-0.15, -0.1) is 0 Å². The molecule has 7 heteroatoms. The molecule has 0 unspecified atom stereocenters. The van der Waals surface area contributed by atoms with Crippen molar-refractivity contribution in [2.75, 3.05) is 5.75 Å². The Labute approximate surface area is 89.5 Å². The van der Waals surface area contributed by atoms with Crippen LogP contribution < -0.4 is 4.72 Å². The molecule has 0 aliphatic carbocycles. The molecule has 2 N–H and O–H groups in total. The molecular weight excluding hydrogens is 216 g/mol. The van der Waals surface area contributed by atoms with Crippen molar-refractivity contribution in [1.82, 2.24) is 19.9 Å². The topological polar surface area (TPSA) is 87.7 Å². The van der Waals surface area contributed by atoms with E-state index in [1.165, 1.54) is 6.33 Å². The molecule has 6 nitrogen and oxygen atoms in total. The van der Waals surface area contributed by atoms with Gasteiger partial charge in [0.2, 0.25) is 10.0 Å². The number of nitrogens with zero attached hydrogens (tertiary/aromatic N) is 2. The lowest BCUT2D eigenvalue weighted by Crippen LogP contribution is -2.27. The summed E-state index contributed by atoms with van der Waals surface area (Å²) in [6.45, 7) is 4.15. The van der Waals surface area contributed by atoms with E-state index in [1.807, 2.05) is 13.8 Å². The summed E-state index contributed by atoms with van der Waals surface area (Å²) in [6, 6.07) is 0. The summed E-state index contributed by atoms with van der Waals surface area (Å²) in [4.78, 5) is 3.82. The second-order valence-corrected chi connectivity index (χ2v) is 5.68. The molecule has 1 rings (SSSR count). The summed E-state index contributed by atoms with van der Waals surface area (Å²) >= 11 is 0.